The molecule has 1 fully saturated rings. The van der Waals surface area contributed by atoms with Gasteiger partial charge in [-0.25, -0.2) is 0 Å². The summed E-state index contributed by atoms with van der Waals surface area (Å²) < 4.78 is 0. The predicted octanol–water partition coefficient (Wildman–Crippen LogP) is 3.01. The van der Waals surface area contributed by atoms with Crippen LogP contribution in [0.25, 0.3) is 0 Å². The maximum Gasteiger partial charge on any atom is 0.255 e. The molecule has 0 spiro atoms. The van der Waals surface area contributed by atoms with E-state index in [4.69, 9.17) is 0 Å². The molecule has 104 valence electrons. The number of aryl methyl sites for hydroxylation is 1. The van der Waals surface area contributed by atoms with Gasteiger partial charge in [0.2, 0.25) is 0 Å². The zero-order valence-electron chi connectivity index (χ0n) is 11.7. The third kappa shape index (κ3) is 3.66. The van der Waals surface area contributed by atoms with Gasteiger partial charge in [-0.1, -0.05) is 11.6 Å². The molecule has 0 bridgehead atoms. The molecular weight excluding hydrogens is 256 g/mol. The molecule has 3 nitrogen and oxygen atoms in total. The third-order valence-electron chi connectivity index (χ3n) is 3.28. The Morgan fingerprint density at radius 1 is 1.37 bits per heavy atom. The van der Waals surface area contributed by atoms with Crippen molar-refractivity contribution < 1.29 is 4.79 Å². The summed E-state index contributed by atoms with van der Waals surface area (Å²) in [5, 5.41) is 3.29. The van der Waals surface area contributed by atoms with Gasteiger partial charge >= 0.3 is 0 Å². The average molecular weight is 278 g/mol. The van der Waals surface area contributed by atoms with Crippen molar-refractivity contribution in [3.8, 4) is 0 Å². The van der Waals surface area contributed by atoms with Gasteiger partial charge in [-0.15, -0.1) is 0 Å². The summed E-state index contributed by atoms with van der Waals surface area (Å²) in [7, 11) is 0. The Kier molecular flexibility index (Phi) is 5.14. The number of hydrogen-bond acceptors (Lipinski definition) is 3. The first-order chi connectivity index (χ1) is 9.22. The van der Waals surface area contributed by atoms with Gasteiger partial charge in [0, 0.05) is 31.1 Å². The van der Waals surface area contributed by atoms with Gasteiger partial charge in [0.25, 0.3) is 5.91 Å². The van der Waals surface area contributed by atoms with Gasteiger partial charge in [0.1, 0.15) is 0 Å². The summed E-state index contributed by atoms with van der Waals surface area (Å²) in [6.45, 7) is 6.66. The Hall–Kier alpha value is -1.16. The van der Waals surface area contributed by atoms with E-state index < -0.39 is 0 Å². The summed E-state index contributed by atoms with van der Waals surface area (Å²) in [4.78, 5) is 14.7. The van der Waals surface area contributed by atoms with Crippen LogP contribution < -0.4 is 5.32 Å². The highest BCUT2D eigenvalue weighted by atomic mass is 32.2. The lowest BCUT2D eigenvalue weighted by atomic mass is 10.1. The smallest absolute Gasteiger partial charge is 0.255 e. The van der Waals surface area contributed by atoms with E-state index in [0.717, 1.165) is 54.4 Å². The van der Waals surface area contributed by atoms with Crippen LogP contribution in [0.4, 0.5) is 5.69 Å². The zero-order chi connectivity index (χ0) is 13.7. The van der Waals surface area contributed by atoms with Crippen LogP contribution >= 0.6 is 11.8 Å². The minimum absolute atomic E-state index is 0.169. The van der Waals surface area contributed by atoms with E-state index in [1.807, 2.05) is 41.8 Å². The molecule has 1 aromatic rings. The van der Waals surface area contributed by atoms with Crippen molar-refractivity contribution in [2.24, 2.45) is 0 Å². The monoisotopic (exact) mass is 278 g/mol. The number of rotatable bonds is 3. The fourth-order valence-corrected chi connectivity index (χ4v) is 3.19. The van der Waals surface area contributed by atoms with Gasteiger partial charge in [-0.2, -0.15) is 11.8 Å². The van der Waals surface area contributed by atoms with E-state index in [1.54, 1.807) is 0 Å². The average Bonchev–Trinajstić information content (AvgIpc) is 2.69. The molecule has 0 aromatic heterocycles. The molecule has 2 rings (SSSR count). The van der Waals surface area contributed by atoms with Gasteiger partial charge in [-0.3, -0.25) is 4.79 Å². The van der Waals surface area contributed by atoms with Crippen LogP contribution in [0.1, 0.15) is 29.3 Å². The molecule has 0 aliphatic carbocycles. The van der Waals surface area contributed by atoms with E-state index >= 15 is 0 Å². The first kappa shape index (κ1) is 14.3. The Morgan fingerprint density at radius 3 is 3.00 bits per heavy atom. The molecular formula is C15H22N2OS. The summed E-state index contributed by atoms with van der Waals surface area (Å²) in [5.41, 5.74) is 2.90. The third-order valence-corrected chi connectivity index (χ3v) is 4.33. The highest BCUT2D eigenvalue weighted by Crippen LogP contribution is 2.21. The van der Waals surface area contributed by atoms with Crippen molar-refractivity contribution in [3.05, 3.63) is 29.3 Å². The Bertz CT molecular complexity index is 440. The number of anilines is 1. The number of carbonyl (C=O) groups is 1. The largest absolute Gasteiger partial charge is 0.385 e. The molecule has 4 heteroatoms. The molecule has 1 heterocycles. The highest BCUT2D eigenvalue weighted by molar-refractivity contribution is 7.99. The normalized spacial score (nSPS) is 16.0. The fourth-order valence-electron chi connectivity index (χ4n) is 2.30. The number of nitrogens with one attached hydrogen (secondary N) is 1. The molecule has 0 radical (unpaired) electrons. The number of nitrogens with zero attached hydrogens (tertiary/aromatic N) is 1. The van der Waals surface area contributed by atoms with Crippen LogP contribution in [0, 0.1) is 6.92 Å². The SMILES string of the molecule is CCNc1ccc(C)cc1C(=O)N1CCCSCC1. The second-order valence-electron chi connectivity index (χ2n) is 4.84. The van der Waals surface area contributed by atoms with Crippen LogP contribution in [0.5, 0.6) is 0 Å². The molecule has 0 atom stereocenters. The van der Waals surface area contributed by atoms with Crippen LogP contribution in [-0.2, 0) is 0 Å². The summed E-state index contributed by atoms with van der Waals surface area (Å²) in [5.74, 6) is 2.38. The molecule has 1 saturated heterocycles. The van der Waals surface area contributed by atoms with Gasteiger partial charge < -0.3 is 10.2 Å². The second kappa shape index (κ2) is 6.85. The predicted molar refractivity (Wildman–Crippen MR) is 83.2 cm³/mol. The molecule has 1 aromatic carbocycles. The molecule has 1 aliphatic heterocycles. The maximum atomic E-state index is 12.7. The number of hydrogen-bond donors (Lipinski definition) is 1. The number of amides is 1. The van der Waals surface area contributed by atoms with Crippen LogP contribution in [0.2, 0.25) is 0 Å². The fraction of sp³-hybridized carbons (Fsp3) is 0.533. The van der Waals surface area contributed by atoms with Crippen molar-refractivity contribution in [1.29, 1.82) is 0 Å². The zero-order valence-corrected chi connectivity index (χ0v) is 12.6. The van der Waals surface area contributed by atoms with Crippen LogP contribution in [-0.4, -0.2) is 41.9 Å². The number of benzene rings is 1. The molecule has 0 unspecified atom stereocenters. The van der Waals surface area contributed by atoms with Gasteiger partial charge in [0.05, 0.1) is 5.56 Å². The Labute approximate surface area is 119 Å². The molecule has 0 saturated carbocycles. The van der Waals surface area contributed by atoms with Crippen molar-refractivity contribution >= 4 is 23.4 Å². The van der Waals surface area contributed by atoms with Gasteiger partial charge in [-0.05, 0) is 38.2 Å². The van der Waals surface area contributed by atoms with Crippen molar-refractivity contribution in [2.45, 2.75) is 20.3 Å². The minimum atomic E-state index is 0.169. The molecule has 1 N–H and O–H groups in total. The summed E-state index contributed by atoms with van der Waals surface area (Å²) in [6.07, 6.45) is 1.10. The molecule has 1 aliphatic rings. The topological polar surface area (TPSA) is 32.3 Å². The van der Waals surface area contributed by atoms with Gasteiger partial charge in [0.15, 0.2) is 0 Å². The number of carbonyl (C=O) groups excluding carboxylic acids is 1. The van der Waals surface area contributed by atoms with Crippen molar-refractivity contribution in [3.63, 3.8) is 0 Å². The summed E-state index contributed by atoms with van der Waals surface area (Å²) >= 11 is 1.94. The lowest BCUT2D eigenvalue weighted by molar-refractivity contribution is 0.0769. The first-order valence-electron chi connectivity index (χ1n) is 6.94. The van der Waals surface area contributed by atoms with E-state index in [2.05, 4.69) is 12.2 Å². The minimum Gasteiger partial charge on any atom is -0.385 e. The Morgan fingerprint density at radius 2 is 2.21 bits per heavy atom. The van der Waals surface area contributed by atoms with Crippen molar-refractivity contribution in [1.82, 2.24) is 4.90 Å². The van der Waals surface area contributed by atoms with Crippen LogP contribution in [0.15, 0.2) is 18.2 Å². The summed E-state index contributed by atoms with van der Waals surface area (Å²) in [6, 6.07) is 6.06. The first-order valence-corrected chi connectivity index (χ1v) is 8.09. The molecule has 19 heavy (non-hydrogen) atoms. The Balaban J connectivity index is 2.23. The van der Waals surface area contributed by atoms with Crippen LogP contribution in [0.3, 0.4) is 0 Å². The highest BCUT2D eigenvalue weighted by Gasteiger charge is 2.20. The second-order valence-corrected chi connectivity index (χ2v) is 6.06. The number of thioether (sulfide) groups is 1. The molecule has 1 amide bonds. The maximum absolute atomic E-state index is 12.7. The lowest BCUT2D eigenvalue weighted by Gasteiger charge is -2.22. The van der Waals surface area contributed by atoms with E-state index in [9.17, 15) is 4.79 Å². The van der Waals surface area contributed by atoms with E-state index in [1.165, 1.54) is 0 Å². The van der Waals surface area contributed by atoms with E-state index in [-0.39, 0.29) is 5.91 Å². The standard InChI is InChI=1S/C15H22N2OS/c1-3-16-14-6-5-12(2)11-13(14)15(18)17-7-4-9-19-10-8-17/h5-6,11,16H,3-4,7-10H2,1-2H3. The van der Waals surface area contributed by atoms with Crippen molar-refractivity contribution in [2.75, 3.05) is 36.5 Å². The lowest BCUT2D eigenvalue weighted by Crippen LogP contribution is -2.33. The van der Waals surface area contributed by atoms with E-state index in [0.29, 0.717) is 0 Å². The quantitative estimate of drug-likeness (QED) is 0.922.